The highest BCUT2D eigenvalue weighted by atomic mass is 16.5. The maximum Gasteiger partial charge on any atom is 0.229 e. The number of aryl methyl sites for hydroxylation is 1. The van der Waals surface area contributed by atoms with Gasteiger partial charge in [-0.15, -0.1) is 0 Å². The standard InChI is InChI=1S/C21H20O4/c1-11-5-4-6-14-13(11)7-8-15-16(14)19(24)20-17(18(15)23)21(3,10-22)12(2)9-25-20/h4-8,12,22H,9-10H2,1-3H3/t12-,21+/m0/s1. The number of hydrogen-bond acceptors (Lipinski definition) is 4. The molecule has 25 heavy (non-hydrogen) atoms. The van der Waals surface area contributed by atoms with Crippen molar-refractivity contribution in [2.45, 2.75) is 20.8 Å². The Bertz CT molecular complexity index is 969. The zero-order valence-corrected chi connectivity index (χ0v) is 14.6. The summed E-state index contributed by atoms with van der Waals surface area (Å²) in [6.45, 7) is 5.86. The van der Waals surface area contributed by atoms with Crippen molar-refractivity contribution in [2.24, 2.45) is 11.3 Å². The van der Waals surface area contributed by atoms with Gasteiger partial charge in [-0.3, -0.25) is 9.59 Å². The number of carbonyl (C=O) groups is 2. The second-order valence-electron chi connectivity index (χ2n) is 7.31. The van der Waals surface area contributed by atoms with Gasteiger partial charge < -0.3 is 9.84 Å². The molecule has 128 valence electrons. The van der Waals surface area contributed by atoms with Crippen LogP contribution in [0.5, 0.6) is 0 Å². The fraction of sp³-hybridized carbons (Fsp3) is 0.333. The van der Waals surface area contributed by atoms with E-state index in [0.29, 0.717) is 23.3 Å². The highest BCUT2D eigenvalue weighted by Crippen LogP contribution is 2.46. The molecule has 2 aliphatic rings. The number of benzene rings is 2. The Morgan fingerprint density at radius 3 is 2.64 bits per heavy atom. The Balaban J connectivity index is 2.04. The molecule has 0 amide bonds. The average molecular weight is 336 g/mol. The predicted molar refractivity (Wildman–Crippen MR) is 94.7 cm³/mol. The van der Waals surface area contributed by atoms with Gasteiger partial charge >= 0.3 is 0 Å². The van der Waals surface area contributed by atoms with Gasteiger partial charge in [0.15, 0.2) is 11.5 Å². The number of rotatable bonds is 1. The summed E-state index contributed by atoms with van der Waals surface area (Å²) in [5, 5.41) is 11.7. The zero-order chi connectivity index (χ0) is 17.9. The highest BCUT2D eigenvalue weighted by molar-refractivity contribution is 6.30. The monoisotopic (exact) mass is 336 g/mol. The van der Waals surface area contributed by atoms with Gasteiger partial charge in [-0.05, 0) is 29.3 Å². The predicted octanol–water partition coefficient (Wildman–Crippen LogP) is 3.45. The molecule has 1 aliphatic heterocycles. The Labute approximate surface area is 146 Å². The highest BCUT2D eigenvalue weighted by Gasteiger charge is 2.49. The number of aliphatic hydroxyl groups excluding tert-OH is 1. The van der Waals surface area contributed by atoms with Gasteiger partial charge in [0, 0.05) is 22.5 Å². The maximum absolute atomic E-state index is 13.2. The fourth-order valence-electron chi connectivity index (χ4n) is 3.94. The van der Waals surface area contributed by atoms with E-state index in [1.54, 1.807) is 6.07 Å². The van der Waals surface area contributed by atoms with Crippen LogP contribution in [0.2, 0.25) is 0 Å². The molecule has 0 spiro atoms. The van der Waals surface area contributed by atoms with Crippen molar-refractivity contribution < 1.29 is 19.4 Å². The lowest BCUT2D eigenvalue weighted by atomic mass is 9.66. The minimum absolute atomic E-state index is 0.0581. The van der Waals surface area contributed by atoms with Crippen molar-refractivity contribution in [2.75, 3.05) is 13.2 Å². The van der Waals surface area contributed by atoms with Crippen LogP contribution in [0.3, 0.4) is 0 Å². The Kier molecular flexibility index (Phi) is 3.38. The van der Waals surface area contributed by atoms with Crippen LogP contribution in [0, 0.1) is 18.3 Å². The first-order valence-corrected chi connectivity index (χ1v) is 8.50. The molecular formula is C21H20O4. The zero-order valence-electron chi connectivity index (χ0n) is 14.6. The smallest absolute Gasteiger partial charge is 0.229 e. The SMILES string of the molecule is Cc1cccc2c3c(ccc12)C(=O)C1=C(OC[C@H](C)[C@@]1(C)CO)C3=O. The molecule has 0 unspecified atom stereocenters. The maximum atomic E-state index is 13.2. The van der Waals surface area contributed by atoms with Gasteiger partial charge in [-0.2, -0.15) is 0 Å². The third-order valence-corrected chi connectivity index (χ3v) is 5.88. The lowest BCUT2D eigenvalue weighted by Gasteiger charge is -2.42. The summed E-state index contributed by atoms with van der Waals surface area (Å²) in [6, 6.07) is 9.36. The molecule has 0 bridgehead atoms. The van der Waals surface area contributed by atoms with Crippen molar-refractivity contribution in [3.63, 3.8) is 0 Å². The molecule has 4 heteroatoms. The first-order chi connectivity index (χ1) is 11.9. The number of aliphatic hydroxyl groups is 1. The third kappa shape index (κ3) is 1.97. The van der Waals surface area contributed by atoms with E-state index in [-0.39, 0.29) is 29.9 Å². The summed E-state index contributed by atoms with van der Waals surface area (Å²) < 4.78 is 5.71. The molecular weight excluding hydrogens is 316 g/mol. The van der Waals surface area contributed by atoms with Crippen LogP contribution in [0.1, 0.15) is 40.1 Å². The number of ketones is 2. The van der Waals surface area contributed by atoms with Crippen LogP contribution >= 0.6 is 0 Å². The number of carbonyl (C=O) groups excluding carboxylic acids is 2. The number of allylic oxidation sites excluding steroid dienone is 1. The van der Waals surface area contributed by atoms with Crippen LogP contribution in [0.25, 0.3) is 10.8 Å². The van der Waals surface area contributed by atoms with Crippen LogP contribution in [-0.4, -0.2) is 29.9 Å². The van der Waals surface area contributed by atoms with E-state index in [1.807, 2.05) is 45.0 Å². The lowest BCUT2D eigenvalue weighted by molar-refractivity contribution is 0.0254. The molecule has 2 aromatic rings. The molecule has 2 aromatic carbocycles. The van der Waals surface area contributed by atoms with Crippen molar-refractivity contribution in [1.82, 2.24) is 0 Å². The van der Waals surface area contributed by atoms with E-state index in [1.165, 1.54) is 0 Å². The molecule has 4 rings (SSSR count). The summed E-state index contributed by atoms with van der Waals surface area (Å²) in [5.41, 5.74) is 1.41. The lowest BCUT2D eigenvalue weighted by Crippen LogP contribution is -2.45. The molecule has 0 radical (unpaired) electrons. The van der Waals surface area contributed by atoms with E-state index in [2.05, 4.69) is 0 Å². The quantitative estimate of drug-likeness (QED) is 0.866. The summed E-state index contributed by atoms with van der Waals surface area (Å²) in [7, 11) is 0. The molecule has 0 aromatic heterocycles. The van der Waals surface area contributed by atoms with Crippen LogP contribution in [0.15, 0.2) is 41.7 Å². The Morgan fingerprint density at radius 2 is 1.92 bits per heavy atom. The molecule has 0 fully saturated rings. The largest absolute Gasteiger partial charge is 0.489 e. The van der Waals surface area contributed by atoms with Crippen LogP contribution < -0.4 is 0 Å². The first kappa shape index (κ1) is 16.0. The fourth-order valence-corrected chi connectivity index (χ4v) is 3.94. The summed E-state index contributed by atoms with van der Waals surface area (Å²) >= 11 is 0. The molecule has 1 aliphatic carbocycles. The number of fused-ring (bicyclic) bond motifs is 3. The van der Waals surface area contributed by atoms with Crippen molar-refractivity contribution >= 4 is 22.3 Å². The van der Waals surface area contributed by atoms with E-state index in [4.69, 9.17) is 4.74 Å². The van der Waals surface area contributed by atoms with E-state index >= 15 is 0 Å². The summed E-state index contributed by atoms with van der Waals surface area (Å²) in [6.07, 6.45) is 0. The Hall–Kier alpha value is -2.46. The third-order valence-electron chi connectivity index (χ3n) is 5.88. The molecule has 1 N–H and O–H groups in total. The van der Waals surface area contributed by atoms with Gasteiger partial charge in [0.1, 0.15) is 0 Å². The molecule has 2 atom stereocenters. The van der Waals surface area contributed by atoms with Gasteiger partial charge in [0.25, 0.3) is 0 Å². The van der Waals surface area contributed by atoms with Crippen LogP contribution in [-0.2, 0) is 4.74 Å². The van der Waals surface area contributed by atoms with Gasteiger partial charge in [-0.1, -0.05) is 38.1 Å². The van der Waals surface area contributed by atoms with Crippen molar-refractivity contribution in [3.05, 3.63) is 58.4 Å². The number of ether oxygens (including phenoxy) is 1. The van der Waals surface area contributed by atoms with Gasteiger partial charge in [-0.25, -0.2) is 0 Å². The topological polar surface area (TPSA) is 63.6 Å². The van der Waals surface area contributed by atoms with E-state index in [9.17, 15) is 14.7 Å². The molecule has 0 saturated carbocycles. The molecule has 4 nitrogen and oxygen atoms in total. The van der Waals surface area contributed by atoms with Crippen molar-refractivity contribution in [1.29, 1.82) is 0 Å². The van der Waals surface area contributed by atoms with E-state index in [0.717, 1.165) is 16.3 Å². The minimum atomic E-state index is -0.778. The van der Waals surface area contributed by atoms with Gasteiger partial charge in [0.05, 0.1) is 18.8 Å². The second-order valence-corrected chi connectivity index (χ2v) is 7.31. The number of hydrogen-bond donors (Lipinski definition) is 1. The van der Waals surface area contributed by atoms with Crippen LogP contribution in [0.4, 0.5) is 0 Å². The minimum Gasteiger partial charge on any atom is -0.489 e. The average Bonchev–Trinajstić information content (AvgIpc) is 2.61. The molecule has 0 saturated heterocycles. The first-order valence-electron chi connectivity index (χ1n) is 8.50. The second kappa shape index (κ2) is 5.27. The Morgan fingerprint density at radius 1 is 1.16 bits per heavy atom. The van der Waals surface area contributed by atoms with E-state index < -0.39 is 5.41 Å². The summed E-state index contributed by atoms with van der Waals surface area (Å²) in [4.78, 5) is 26.5. The summed E-state index contributed by atoms with van der Waals surface area (Å²) in [5.74, 6) is -0.415. The normalized spacial score (nSPS) is 25.7. The van der Waals surface area contributed by atoms with Gasteiger partial charge in [0.2, 0.25) is 5.78 Å². The molecule has 1 heterocycles. The number of Topliss-reactive ketones (excluding diaryl/α,β-unsaturated/α-hetero) is 2. The van der Waals surface area contributed by atoms with Crippen molar-refractivity contribution in [3.8, 4) is 0 Å².